The Kier molecular flexibility index (Phi) is 6.21. The maximum atomic E-state index is 13.0. The summed E-state index contributed by atoms with van der Waals surface area (Å²) in [6.07, 6.45) is 2.05. The van der Waals surface area contributed by atoms with Crippen LogP contribution in [0.15, 0.2) is 18.2 Å². The number of carbonyl (C=O) groups is 2. The van der Waals surface area contributed by atoms with Crippen molar-refractivity contribution in [2.45, 2.75) is 25.8 Å². The van der Waals surface area contributed by atoms with Crippen molar-refractivity contribution in [3.05, 3.63) is 18.2 Å². The average molecular weight is 426 g/mol. The van der Waals surface area contributed by atoms with Crippen LogP contribution in [0, 0.1) is 5.92 Å². The van der Waals surface area contributed by atoms with Crippen molar-refractivity contribution < 1.29 is 32.2 Å². The standard InChI is InChI=1S/C19H26N2O7S/c1-13(18(22)20-8-6-14(7-9-20)19(23)26-2)21(29(3,24)25)15-4-5-16-17(12-15)28-11-10-27-16/h4-5,12-14H,6-11H2,1-3H3/t13-/m0/s1. The molecule has 1 amide bonds. The van der Waals surface area contributed by atoms with Crippen LogP contribution in [0.25, 0.3) is 0 Å². The van der Waals surface area contributed by atoms with Gasteiger partial charge in [0.05, 0.1) is 25.0 Å². The lowest BCUT2D eigenvalue weighted by molar-refractivity contribution is -0.149. The lowest BCUT2D eigenvalue weighted by Crippen LogP contribution is -2.51. The summed E-state index contributed by atoms with van der Waals surface area (Å²) >= 11 is 0. The van der Waals surface area contributed by atoms with Crippen molar-refractivity contribution in [3.8, 4) is 11.5 Å². The van der Waals surface area contributed by atoms with Gasteiger partial charge in [0.1, 0.15) is 19.3 Å². The van der Waals surface area contributed by atoms with Crippen molar-refractivity contribution in [1.29, 1.82) is 0 Å². The molecule has 2 aliphatic heterocycles. The number of likely N-dealkylation sites (tertiary alicyclic amines) is 1. The van der Waals surface area contributed by atoms with E-state index in [0.717, 1.165) is 10.6 Å². The molecule has 0 radical (unpaired) electrons. The highest BCUT2D eigenvalue weighted by molar-refractivity contribution is 7.92. The topological polar surface area (TPSA) is 102 Å². The number of esters is 1. The minimum Gasteiger partial charge on any atom is -0.486 e. The van der Waals surface area contributed by atoms with E-state index in [4.69, 9.17) is 14.2 Å². The minimum atomic E-state index is -3.74. The predicted molar refractivity (Wildman–Crippen MR) is 106 cm³/mol. The molecule has 9 nitrogen and oxygen atoms in total. The summed E-state index contributed by atoms with van der Waals surface area (Å²) < 4.78 is 41.9. The van der Waals surface area contributed by atoms with Crippen LogP contribution in [-0.2, 0) is 24.3 Å². The van der Waals surface area contributed by atoms with E-state index in [0.29, 0.717) is 56.3 Å². The highest BCUT2D eigenvalue weighted by Crippen LogP contribution is 2.35. The number of amides is 1. The predicted octanol–water partition coefficient (Wildman–Crippen LogP) is 1.02. The highest BCUT2D eigenvalue weighted by Gasteiger charge is 2.35. The fourth-order valence-electron chi connectivity index (χ4n) is 3.74. The van der Waals surface area contributed by atoms with Crippen LogP contribution in [0.2, 0.25) is 0 Å². The Morgan fingerprint density at radius 2 is 1.79 bits per heavy atom. The van der Waals surface area contributed by atoms with E-state index in [2.05, 4.69) is 0 Å². The Labute approximate surface area is 170 Å². The van der Waals surface area contributed by atoms with Crippen LogP contribution in [0.4, 0.5) is 5.69 Å². The molecular weight excluding hydrogens is 400 g/mol. The fourth-order valence-corrected chi connectivity index (χ4v) is 4.90. The van der Waals surface area contributed by atoms with Gasteiger partial charge in [-0.2, -0.15) is 0 Å². The van der Waals surface area contributed by atoms with Crippen LogP contribution in [0.3, 0.4) is 0 Å². The van der Waals surface area contributed by atoms with E-state index in [1.54, 1.807) is 30.0 Å². The van der Waals surface area contributed by atoms with Gasteiger partial charge in [-0.15, -0.1) is 0 Å². The molecule has 0 N–H and O–H groups in total. The quantitative estimate of drug-likeness (QED) is 0.648. The average Bonchev–Trinajstić information content (AvgIpc) is 2.71. The Morgan fingerprint density at radius 1 is 1.17 bits per heavy atom. The summed E-state index contributed by atoms with van der Waals surface area (Å²) in [4.78, 5) is 26.3. The SMILES string of the molecule is COC(=O)C1CCN(C(=O)[C@H](C)N(c2ccc3c(c2)OCCO3)S(C)(=O)=O)CC1. The third-order valence-electron chi connectivity index (χ3n) is 5.19. The molecule has 1 fully saturated rings. The van der Waals surface area contributed by atoms with E-state index < -0.39 is 16.1 Å². The smallest absolute Gasteiger partial charge is 0.308 e. The second kappa shape index (κ2) is 8.48. The third-order valence-corrected chi connectivity index (χ3v) is 6.43. The van der Waals surface area contributed by atoms with Crippen LogP contribution < -0.4 is 13.8 Å². The number of hydrogen-bond donors (Lipinski definition) is 0. The molecule has 0 aromatic heterocycles. The molecule has 0 aliphatic carbocycles. The van der Waals surface area contributed by atoms with E-state index in [1.807, 2.05) is 0 Å². The van der Waals surface area contributed by atoms with Gasteiger partial charge in [0.2, 0.25) is 15.9 Å². The zero-order valence-corrected chi connectivity index (χ0v) is 17.6. The number of sulfonamides is 1. The molecule has 1 aromatic carbocycles. The summed E-state index contributed by atoms with van der Waals surface area (Å²) in [5, 5.41) is 0. The third kappa shape index (κ3) is 4.58. The number of rotatable bonds is 5. The van der Waals surface area contributed by atoms with Gasteiger partial charge in [-0.05, 0) is 31.9 Å². The normalized spacial score (nSPS) is 18.1. The second-order valence-electron chi connectivity index (χ2n) is 7.19. The first kappa shape index (κ1) is 21.2. The van der Waals surface area contributed by atoms with Gasteiger partial charge >= 0.3 is 5.97 Å². The molecule has 3 rings (SSSR count). The van der Waals surface area contributed by atoms with Crippen molar-refractivity contribution in [2.75, 3.05) is 44.0 Å². The van der Waals surface area contributed by atoms with Gasteiger partial charge in [-0.1, -0.05) is 0 Å². The summed E-state index contributed by atoms with van der Waals surface area (Å²) in [5.74, 6) is 0.161. The molecule has 0 saturated carbocycles. The number of hydrogen-bond acceptors (Lipinski definition) is 7. The lowest BCUT2D eigenvalue weighted by atomic mass is 9.96. The molecule has 2 heterocycles. The first-order valence-corrected chi connectivity index (χ1v) is 11.3. The molecule has 1 aromatic rings. The summed E-state index contributed by atoms with van der Waals surface area (Å²) in [6.45, 7) is 3.12. The van der Waals surface area contributed by atoms with E-state index >= 15 is 0 Å². The van der Waals surface area contributed by atoms with Gasteiger partial charge in [0.25, 0.3) is 0 Å². The molecule has 2 aliphatic rings. The Balaban J connectivity index is 1.79. The summed E-state index contributed by atoms with van der Waals surface area (Å²) in [7, 11) is -2.39. The highest BCUT2D eigenvalue weighted by atomic mass is 32.2. The van der Waals surface area contributed by atoms with Crippen LogP contribution in [-0.4, -0.2) is 70.9 Å². The molecule has 1 atom stereocenters. The molecule has 0 spiro atoms. The molecule has 0 unspecified atom stereocenters. The molecular formula is C19H26N2O7S. The molecule has 1 saturated heterocycles. The first-order chi connectivity index (χ1) is 13.7. The number of fused-ring (bicyclic) bond motifs is 1. The van der Waals surface area contributed by atoms with Gasteiger partial charge in [0, 0.05) is 19.2 Å². The summed E-state index contributed by atoms with van der Waals surface area (Å²) in [5.41, 5.74) is 0.335. The van der Waals surface area contributed by atoms with Gasteiger partial charge < -0.3 is 19.1 Å². The largest absolute Gasteiger partial charge is 0.486 e. The minimum absolute atomic E-state index is 0.233. The number of anilines is 1. The number of ether oxygens (including phenoxy) is 3. The number of nitrogens with zero attached hydrogens (tertiary/aromatic N) is 2. The van der Waals surface area contributed by atoms with Crippen molar-refractivity contribution in [2.24, 2.45) is 5.92 Å². The maximum Gasteiger partial charge on any atom is 0.308 e. The van der Waals surface area contributed by atoms with E-state index in [-0.39, 0.29) is 17.8 Å². The Hall–Kier alpha value is -2.49. The van der Waals surface area contributed by atoms with Crippen LogP contribution in [0.1, 0.15) is 19.8 Å². The van der Waals surface area contributed by atoms with Gasteiger partial charge in [0.15, 0.2) is 11.5 Å². The van der Waals surface area contributed by atoms with E-state index in [1.165, 1.54) is 7.11 Å². The van der Waals surface area contributed by atoms with Gasteiger partial charge in [-0.25, -0.2) is 8.42 Å². The zero-order chi connectivity index (χ0) is 21.2. The Morgan fingerprint density at radius 3 is 2.38 bits per heavy atom. The number of piperidine rings is 1. The van der Waals surface area contributed by atoms with Crippen molar-refractivity contribution in [1.82, 2.24) is 4.90 Å². The molecule has 0 bridgehead atoms. The van der Waals surface area contributed by atoms with Crippen LogP contribution >= 0.6 is 0 Å². The number of benzene rings is 1. The van der Waals surface area contributed by atoms with Crippen molar-refractivity contribution >= 4 is 27.6 Å². The number of carbonyl (C=O) groups excluding carboxylic acids is 2. The molecule has 10 heteroatoms. The van der Waals surface area contributed by atoms with Crippen LogP contribution in [0.5, 0.6) is 11.5 Å². The molecule has 29 heavy (non-hydrogen) atoms. The first-order valence-electron chi connectivity index (χ1n) is 9.48. The molecule has 160 valence electrons. The monoisotopic (exact) mass is 426 g/mol. The Bertz CT molecular complexity index is 879. The fraction of sp³-hybridized carbons (Fsp3) is 0.579. The van der Waals surface area contributed by atoms with E-state index in [9.17, 15) is 18.0 Å². The number of methoxy groups -OCH3 is 1. The summed E-state index contributed by atoms with van der Waals surface area (Å²) in [6, 6.07) is 3.87. The lowest BCUT2D eigenvalue weighted by Gasteiger charge is -2.36. The second-order valence-corrected chi connectivity index (χ2v) is 9.04. The zero-order valence-electron chi connectivity index (χ0n) is 16.8. The van der Waals surface area contributed by atoms with Gasteiger partial charge in [-0.3, -0.25) is 13.9 Å². The maximum absolute atomic E-state index is 13.0. The van der Waals surface area contributed by atoms with Crippen molar-refractivity contribution in [3.63, 3.8) is 0 Å².